The summed E-state index contributed by atoms with van der Waals surface area (Å²) in [5.41, 5.74) is 3.19. The molecule has 2 rings (SSSR count). The Morgan fingerprint density at radius 1 is 1.18 bits per heavy atom. The molecule has 5 heteroatoms. The smallest absolute Gasteiger partial charge is 0.319 e. The first-order valence-corrected chi connectivity index (χ1v) is 8.08. The van der Waals surface area contributed by atoms with Crippen molar-refractivity contribution in [1.29, 1.82) is 0 Å². The van der Waals surface area contributed by atoms with Crippen LogP contribution in [-0.2, 0) is 0 Å². The summed E-state index contributed by atoms with van der Waals surface area (Å²) in [6.07, 6.45) is 0.990. The molecule has 0 saturated carbocycles. The first kappa shape index (κ1) is 16.8. The number of nitrogens with zero attached hydrogens (tertiary/aromatic N) is 2. The van der Waals surface area contributed by atoms with Gasteiger partial charge in [0.05, 0.1) is 0 Å². The van der Waals surface area contributed by atoms with Gasteiger partial charge in [-0.3, -0.25) is 0 Å². The van der Waals surface area contributed by atoms with Crippen molar-refractivity contribution in [3.63, 3.8) is 0 Å². The van der Waals surface area contributed by atoms with Crippen molar-refractivity contribution in [3.8, 4) is 0 Å². The quantitative estimate of drug-likeness (QED) is 0.819. The summed E-state index contributed by atoms with van der Waals surface area (Å²) in [5.74, 6) is 0. The normalized spacial score (nSPS) is 16.5. The number of amides is 2. The highest BCUT2D eigenvalue weighted by atomic mass is 16.2. The third-order valence-corrected chi connectivity index (χ3v) is 4.39. The zero-order chi connectivity index (χ0) is 15.9. The van der Waals surface area contributed by atoms with Gasteiger partial charge in [-0.1, -0.05) is 12.1 Å². The van der Waals surface area contributed by atoms with E-state index in [0.29, 0.717) is 6.54 Å². The van der Waals surface area contributed by atoms with E-state index < -0.39 is 0 Å². The van der Waals surface area contributed by atoms with Gasteiger partial charge in [-0.2, -0.15) is 0 Å². The number of urea groups is 1. The van der Waals surface area contributed by atoms with Gasteiger partial charge < -0.3 is 20.4 Å². The lowest BCUT2D eigenvalue weighted by Gasteiger charge is -2.32. The lowest BCUT2D eigenvalue weighted by atomic mass is 10.1. The van der Waals surface area contributed by atoms with Crippen LogP contribution >= 0.6 is 0 Å². The number of nitrogens with one attached hydrogen (secondary N) is 2. The maximum atomic E-state index is 11.9. The number of carbonyl (C=O) groups excluding carboxylic acids is 1. The molecule has 1 heterocycles. The van der Waals surface area contributed by atoms with Gasteiger partial charge in [0.25, 0.3) is 0 Å². The topological polar surface area (TPSA) is 47.6 Å². The van der Waals surface area contributed by atoms with E-state index in [-0.39, 0.29) is 6.03 Å². The minimum absolute atomic E-state index is 0.118. The van der Waals surface area contributed by atoms with Crippen molar-refractivity contribution in [2.75, 3.05) is 51.6 Å². The van der Waals surface area contributed by atoms with Crippen LogP contribution in [0.2, 0.25) is 0 Å². The SMILES string of the molecule is Cc1cccc(NC(=O)NCCCN2CCN(C)CC2)c1C. The lowest BCUT2D eigenvalue weighted by Crippen LogP contribution is -2.45. The van der Waals surface area contributed by atoms with Crippen LogP contribution in [-0.4, -0.2) is 62.1 Å². The maximum Gasteiger partial charge on any atom is 0.319 e. The van der Waals surface area contributed by atoms with E-state index in [4.69, 9.17) is 0 Å². The number of likely N-dealkylation sites (N-methyl/N-ethyl adjacent to an activating group) is 1. The Morgan fingerprint density at radius 2 is 1.91 bits per heavy atom. The minimum Gasteiger partial charge on any atom is -0.338 e. The largest absolute Gasteiger partial charge is 0.338 e. The van der Waals surface area contributed by atoms with Crippen molar-refractivity contribution in [2.24, 2.45) is 0 Å². The molecular weight excluding hydrogens is 276 g/mol. The van der Waals surface area contributed by atoms with Gasteiger partial charge in [0.2, 0.25) is 0 Å². The van der Waals surface area contributed by atoms with E-state index in [0.717, 1.165) is 50.4 Å². The molecule has 0 aliphatic carbocycles. The Labute approximate surface area is 133 Å². The summed E-state index contributed by atoms with van der Waals surface area (Å²) in [6, 6.07) is 5.83. The van der Waals surface area contributed by atoms with Crippen molar-refractivity contribution < 1.29 is 4.79 Å². The molecule has 0 unspecified atom stereocenters. The number of benzene rings is 1. The summed E-state index contributed by atoms with van der Waals surface area (Å²) in [4.78, 5) is 16.7. The Balaban J connectivity index is 1.65. The standard InChI is InChI=1S/C17H28N4O/c1-14-6-4-7-16(15(14)2)19-17(22)18-8-5-9-21-12-10-20(3)11-13-21/h4,6-7H,5,8-13H2,1-3H3,(H2,18,19,22). The average molecular weight is 304 g/mol. The predicted molar refractivity (Wildman–Crippen MR) is 91.5 cm³/mol. The molecular formula is C17H28N4O. The second-order valence-corrected chi connectivity index (χ2v) is 6.13. The van der Waals surface area contributed by atoms with Crippen LogP contribution in [0.4, 0.5) is 10.5 Å². The third-order valence-electron chi connectivity index (χ3n) is 4.39. The fraction of sp³-hybridized carbons (Fsp3) is 0.588. The molecule has 0 atom stereocenters. The van der Waals surface area contributed by atoms with Crippen LogP contribution in [0.25, 0.3) is 0 Å². The van der Waals surface area contributed by atoms with Gasteiger partial charge >= 0.3 is 6.03 Å². The monoisotopic (exact) mass is 304 g/mol. The van der Waals surface area contributed by atoms with Crippen molar-refractivity contribution in [2.45, 2.75) is 20.3 Å². The molecule has 2 amide bonds. The number of piperazine rings is 1. The van der Waals surface area contributed by atoms with Crippen LogP contribution in [0, 0.1) is 13.8 Å². The van der Waals surface area contributed by atoms with Crippen molar-refractivity contribution in [3.05, 3.63) is 29.3 Å². The van der Waals surface area contributed by atoms with Crippen LogP contribution < -0.4 is 10.6 Å². The van der Waals surface area contributed by atoms with Gasteiger partial charge in [0.1, 0.15) is 0 Å². The van der Waals surface area contributed by atoms with Crippen LogP contribution in [0.3, 0.4) is 0 Å². The fourth-order valence-corrected chi connectivity index (χ4v) is 2.63. The van der Waals surface area contributed by atoms with E-state index in [9.17, 15) is 4.79 Å². The zero-order valence-corrected chi connectivity index (χ0v) is 14.0. The first-order chi connectivity index (χ1) is 10.6. The molecule has 1 fully saturated rings. The van der Waals surface area contributed by atoms with E-state index in [2.05, 4.69) is 40.5 Å². The second kappa shape index (κ2) is 8.15. The van der Waals surface area contributed by atoms with Crippen LogP contribution in [0.5, 0.6) is 0 Å². The Bertz CT molecular complexity index is 495. The van der Waals surface area contributed by atoms with Crippen LogP contribution in [0.1, 0.15) is 17.5 Å². The Morgan fingerprint density at radius 3 is 2.64 bits per heavy atom. The van der Waals surface area contributed by atoms with E-state index in [1.807, 2.05) is 19.1 Å². The van der Waals surface area contributed by atoms with Gasteiger partial charge in [-0.15, -0.1) is 0 Å². The third kappa shape index (κ3) is 5.00. The van der Waals surface area contributed by atoms with Gasteiger partial charge in [0.15, 0.2) is 0 Å². The highest BCUT2D eigenvalue weighted by Gasteiger charge is 2.13. The number of anilines is 1. The first-order valence-electron chi connectivity index (χ1n) is 8.08. The molecule has 1 aromatic carbocycles. The molecule has 22 heavy (non-hydrogen) atoms. The molecule has 0 radical (unpaired) electrons. The number of carbonyl (C=O) groups is 1. The molecule has 1 aromatic rings. The molecule has 2 N–H and O–H groups in total. The molecule has 1 aliphatic rings. The summed E-state index contributed by atoms with van der Waals surface area (Å²) in [6.45, 7) is 10.4. The van der Waals surface area contributed by atoms with Crippen molar-refractivity contribution >= 4 is 11.7 Å². The number of aryl methyl sites for hydroxylation is 1. The number of hydrogen-bond donors (Lipinski definition) is 2. The molecule has 0 spiro atoms. The van der Waals surface area contributed by atoms with Gasteiger partial charge in [0, 0.05) is 38.4 Å². The molecule has 5 nitrogen and oxygen atoms in total. The summed E-state index contributed by atoms with van der Waals surface area (Å²) in [5, 5.41) is 5.86. The minimum atomic E-state index is -0.118. The lowest BCUT2D eigenvalue weighted by molar-refractivity contribution is 0.153. The fourth-order valence-electron chi connectivity index (χ4n) is 2.63. The molecule has 1 saturated heterocycles. The summed E-state index contributed by atoms with van der Waals surface area (Å²) in [7, 11) is 2.16. The molecule has 0 aromatic heterocycles. The van der Waals surface area contributed by atoms with E-state index in [1.165, 1.54) is 5.56 Å². The molecule has 122 valence electrons. The van der Waals surface area contributed by atoms with E-state index >= 15 is 0 Å². The predicted octanol–water partition coefficient (Wildman–Crippen LogP) is 2.06. The number of rotatable bonds is 5. The Hall–Kier alpha value is -1.59. The van der Waals surface area contributed by atoms with Crippen molar-refractivity contribution in [1.82, 2.24) is 15.1 Å². The summed E-state index contributed by atoms with van der Waals surface area (Å²) < 4.78 is 0. The highest BCUT2D eigenvalue weighted by Crippen LogP contribution is 2.17. The summed E-state index contributed by atoms with van der Waals surface area (Å²) >= 11 is 0. The van der Waals surface area contributed by atoms with E-state index in [1.54, 1.807) is 0 Å². The van der Waals surface area contributed by atoms with Gasteiger partial charge in [-0.25, -0.2) is 4.79 Å². The number of hydrogen-bond acceptors (Lipinski definition) is 3. The van der Waals surface area contributed by atoms with Gasteiger partial charge in [-0.05, 0) is 51.1 Å². The average Bonchev–Trinajstić information content (AvgIpc) is 2.50. The zero-order valence-electron chi connectivity index (χ0n) is 14.0. The maximum absolute atomic E-state index is 11.9. The molecule has 1 aliphatic heterocycles. The second-order valence-electron chi connectivity index (χ2n) is 6.13. The van der Waals surface area contributed by atoms with Crippen LogP contribution in [0.15, 0.2) is 18.2 Å². The highest BCUT2D eigenvalue weighted by molar-refractivity contribution is 5.90. The Kier molecular flexibility index (Phi) is 6.21. The molecule has 0 bridgehead atoms.